The van der Waals surface area contributed by atoms with Crippen molar-refractivity contribution in [2.24, 2.45) is 0 Å². The molecule has 262 valence electrons. The SMILES string of the molecule is c1ccc(C2(c3ccccc3)c3ccccc3-c3c(N(c4cccc5c4oc4c6ccccc6ccc54)c4cccc5sc6ccccc6c45)cccc32)cc1. The van der Waals surface area contributed by atoms with Gasteiger partial charge in [0.15, 0.2) is 5.58 Å². The Kier molecular flexibility index (Phi) is 6.75. The molecule has 0 radical (unpaired) electrons. The van der Waals surface area contributed by atoms with Gasteiger partial charge in [0, 0.05) is 41.9 Å². The minimum Gasteiger partial charge on any atom is -0.453 e. The number of para-hydroxylation sites is 1. The Bertz CT molecular complexity index is 3280. The molecule has 0 atom stereocenters. The van der Waals surface area contributed by atoms with Crippen LogP contribution in [0.5, 0.6) is 0 Å². The summed E-state index contributed by atoms with van der Waals surface area (Å²) in [5, 5.41) is 7.01. The fourth-order valence-corrected chi connectivity index (χ4v) is 10.8. The number of anilines is 3. The summed E-state index contributed by atoms with van der Waals surface area (Å²) in [5.74, 6) is 0. The van der Waals surface area contributed by atoms with E-state index in [0.717, 1.165) is 44.4 Å². The Morgan fingerprint density at radius 3 is 1.82 bits per heavy atom. The lowest BCUT2D eigenvalue weighted by atomic mass is 9.68. The largest absolute Gasteiger partial charge is 0.453 e. The third-order valence-corrected chi connectivity index (χ3v) is 13.1. The van der Waals surface area contributed by atoms with Crippen LogP contribution in [0.3, 0.4) is 0 Å². The maximum Gasteiger partial charge on any atom is 0.159 e. The summed E-state index contributed by atoms with van der Waals surface area (Å²) < 4.78 is 9.67. The number of hydrogen-bond acceptors (Lipinski definition) is 3. The van der Waals surface area contributed by atoms with Crippen LogP contribution in [0.15, 0.2) is 205 Å². The molecule has 0 saturated carbocycles. The van der Waals surface area contributed by atoms with Crippen LogP contribution in [0.25, 0.3) is 64.0 Å². The second-order valence-corrected chi connectivity index (χ2v) is 15.8. The first-order valence-electron chi connectivity index (χ1n) is 19.2. The number of benzene rings is 9. The van der Waals surface area contributed by atoms with Crippen molar-refractivity contribution in [1.82, 2.24) is 0 Å². The molecular formula is C53H33NOS. The fraction of sp³-hybridized carbons (Fsp3) is 0.0189. The molecule has 2 nitrogen and oxygen atoms in total. The van der Waals surface area contributed by atoms with Crippen molar-refractivity contribution >= 4 is 81.3 Å². The average molecular weight is 732 g/mol. The second kappa shape index (κ2) is 12.0. The van der Waals surface area contributed by atoms with Gasteiger partial charge in [-0.05, 0) is 69.6 Å². The smallest absolute Gasteiger partial charge is 0.159 e. The zero-order valence-corrected chi connectivity index (χ0v) is 31.1. The zero-order valence-electron chi connectivity index (χ0n) is 30.3. The van der Waals surface area contributed by atoms with E-state index in [1.165, 1.54) is 58.9 Å². The van der Waals surface area contributed by atoms with Gasteiger partial charge in [-0.1, -0.05) is 164 Å². The highest BCUT2D eigenvalue weighted by Gasteiger charge is 2.47. The van der Waals surface area contributed by atoms with E-state index >= 15 is 0 Å². The van der Waals surface area contributed by atoms with Gasteiger partial charge in [-0.25, -0.2) is 0 Å². The lowest BCUT2D eigenvalue weighted by Gasteiger charge is -2.34. The summed E-state index contributed by atoms with van der Waals surface area (Å²) >= 11 is 1.85. The Morgan fingerprint density at radius 1 is 0.393 bits per heavy atom. The van der Waals surface area contributed by atoms with Crippen molar-refractivity contribution in [2.45, 2.75) is 5.41 Å². The number of fused-ring (bicyclic) bond motifs is 11. The summed E-state index contributed by atoms with van der Waals surface area (Å²) in [6, 6.07) is 73.2. The molecule has 1 aliphatic carbocycles. The number of rotatable bonds is 5. The highest BCUT2D eigenvalue weighted by Crippen LogP contribution is 2.60. The predicted molar refractivity (Wildman–Crippen MR) is 236 cm³/mol. The summed E-state index contributed by atoms with van der Waals surface area (Å²) in [6.45, 7) is 0. The first kappa shape index (κ1) is 31.4. The van der Waals surface area contributed by atoms with Gasteiger partial charge in [-0.3, -0.25) is 0 Å². The maximum atomic E-state index is 7.13. The molecule has 2 heterocycles. The molecule has 9 aromatic carbocycles. The van der Waals surface area contributed by atoms with E-state index in [2.05, 4.69) is 205 Å². The van der Waals surface area contributed by atoms with E-state index in [1.54, 1.807) is 0 Å². The predicted octanol–water partition coefficient (Wildman–Crippen LogP) is 14.9. The van der Waals surface area contributed by atoms with Crippen LogP contribution in [-0.2, 0) is 5.41 Å². The molecule has 56 heavy (non-hydrogen) atoms. The van der Waals surface area contributed by atoms with Gasteiger partial charge in [0.25, 0.3) is 0 Å². The molecular weight excluding hydrogens is 699 g/mol. The molecule has 1 aliphatic rings. The minimum absolute atomic E-state index is 0.526. The second-order valence-electron chi connectivity index (χ2n) is 14.7. The van der Waals surface area contributed by atoms with Gasteiger partial charge >= 0.3 is 0 Å². The molecule has 0 amide bonds. The van der Waals surface area contributed by atoms with Crippen molar-refractivity contribution < 1.29 is 4.42 Å². The van der Waals surface area contributed by atoms with Crippen molar-refractivity contribution in [3.8, 4) is 11.1 Å². The molecule has 0 bridgehead atoms. The molecule has 0 aliphatic heterocycles. The Morgan fingerprint density at radius 2 is 0.982 bits per heavy atom. The molecule has 0 N–H and O–H groups in total. The highest BCUT2D eigenvalue weighted by molar-refractivity contribution is 7.26. The summed E-state index contributed by atoms with van der Waals surface area (Å²) in [6.07, 6.45) is 0. The van der Waals surface area contributed by atoms with Crippen molar-refractivity contribution in [3.63, 3.8) is 0 Å². The van der Waals surface area contributed by atoms with E-state index in [9.17, 15) is 0 Å². The molecule has 12 rings (SSSR count). The van der Waals surface area contributed by atoms with Gasteiger partial charge < -0.3 is 9.32 Å². The van der Waals surface area contributed by atoms with E-state index < -0.39 is 5.41 Å². The van der Waals surface area contributed by atoms with Gasteiger partial charge in [-0.15, -0.1) is 11.3 Å². The Hall–Kier alpha value is -6.94. The lowest BCUT2D eigenvalue weighted by molar-refractivity contribution is 0.673. The van der Waals surface area contributed by atoms with Crippen LogP contribution < -0.4 is 4.90 Å². The number of thiophene rings is 1. The standard InChI is InChI=1S/C53H33NOS/c1-3-17-35(18-4-1)53(36-19-5-2-6-20-36)42-25-11-9-22-40(42)49-43(53)26-14-27-44(49)54(45-28-15-31-48-50(45)41-23-10-12-30-47(41)56-48)46-29-13-24-38-39-33-32-34-16-7-8-21-37(34)51(39)55-52(38)46/h1-33H. The Balaban J connectivity index is 1.24. The number of furan rings is 1. The van der Waals surface area contributed by atoms with Crippen LogP contribution in [-0.4, -0.2) is 0 Å². The van der Waals surface area contributed by atoms with Crippen molar-refractivity contribution in [2.75, 3.05) is 4.90 Å². The summed E-state index contributed by atoms with van der Waals surface area (Å²) in [7, 11) is 0. The topological polar surface area (TPSA) is 16.4 Å². The fourth-order valence-electron chi connectivity index (χ4n) is 9.68. The van der Waals surface area contributed by atoms with Crippen LogP contribution >= 0.6 is 11.3 Å². The van der Waals surface area contributed by atoms with Gasteiger partial charge in [0.05, 0.1) is 22.5 Å². The quantitative estimate of drug-likeness (QED) is 0.175. The van der Waals surface area contributed by atoms with Crippen LogP contribution in [0.1, 0.15) is 22.3 Å². The molecule has 2 aromatic heterocycles. The number of hydrogen-bond donors (Lipinski definition) is 0. The summed E-state index contributed by atoms with van der Waals surface area (Å²) in [4.78, 5) is 2.50. The van der Waals surface area contributed by atoms with Gasteiger partial charge in [-0.2, -0.15) is 0 Å². The Labute approximate surface area is 328 Å². The zero-order chi connectivity index (χ0) is 36.8. The lowest BCUT2D eigenvalue weighted by Crippen LogP contribution is -2.28. The van der Waals surface area contributed by atoms with Crippen molar-refractivity contribution in [3.05, 3.63) is 222 Å². The van der Waals surface area contributed by atoms with Crippen molar-refractivity contribution in [1.29, 1.82) is 0 Å². The molecule has 0 spiro atoms. The normalized spacial score (nSPS) is 13.1. The van der Waals surface area contributed by atoms with E-state index in [0.29, 0.717) is 0 Å². The maximum absolute atomic E-state index is 7.13. The van der Waals surface area contributed by atoms with Gasteiger partial charge in [0.1, 0.15) is 5.58 Å². The highest BCUT2D eigenvalue weighted by atomic mass is 32.1. The number of nitrogens with zero attached hydrogens (tertiary/aromatic N) is 1. The molecule has 0 saturated heterocycles. The van der Waals surface area contributed by atoms with Crippen LogP contribution in [0.4, 0.5) is 17.1 Å². The third-order valence-electron chi connectivity index (χ3n) is 11.9. The first-order chi connectivity index (χ1) is 27.8. The summed E-state index contributed by atoms with van der Waals surface area (Å²) in [5.41, 5.74) is 12.0. The van der Waals surface area contributed by atoms with E-state index in [-0.39, 0.29) is 0 Å². The molecule has 0 fully saturated rings. The van der Waals surface area contributed by atoms with Crippen LogP contribution in [0, 0.1) is 0 Å². The molecule has 0 unspecified atom stereocenters. The third kappa shape index (κ3) is 4.26. The van der Waals surface area contributed by atoms with Gasteiger partial charge in [0.2, 0.25) is 0 Å². The van der Waals surface area contributed by atoms with E-state index in [4.69, 9.17) is 4.42 Å². The van der Waals surface area contributed by atoms with Crippen LogP contribution in [0.2, 0.25) is 0 Å². The monoisotopic (exact) mass is 731 g/mol. The van der Waals surface area contributed by atoms with E-state index in [1.807, 2.05) is 11.3 Å². The molecule has 11 aromatic rings. The minimum atomic E-state index is -0.526. The molecule has 3 heteroatoms. The first-order valence-corrected chi connectivity index (χ1v) is 20.0. The average Bonchev–Trinajstić information content (AvgIpc) is 3.94.